The number of rotatable bonds is 8. The smallest absolute Gasteiger partial charge is 0.289 e. The first-order valence-corrected chi connectivity index (χ1v) is 12.4. The van der Waals surface area contributed by atoms with Crippen LogP contribution in [0.3, 0.4) is 0 Å². The largest absolute Gasteiger partial charge is 0.507 e. The number of benzene rings is 2. The molecule has 0 spiro atoms. The Hall–Kier alpha value is -3.39. The van der Waals surface area contributed by atoms with Crippen LogP contribution in [0, 0.1) is 0 Å². The molecule has 1 aliphatic heterocycles. The van der Waals surface area contributed by atoms with Gasteiger partial charge in [0, 0.05) is 24.3 Å². The Morgan fingerprint density at radius 1 is 1.14 bits per heavy atom. The van der Waals surface area contributed by atoms with Gasteiger partial charge in [-0.05, 0) is 74.0 Å². The second-order valence-corrected chi connectivity index (χ2v) is 9.85. The Labute approximate surface area is 205 Å². The number of carbonyl (C=O) groups excluding carboxylic acids is 1. The molecule has 1 saturated carbocycles. The van der Waals surface area contributed by atoms with Crippen LogP contribution >= 0.6 is 0 Å². The highest BCUT2D eigenvalue weighted by molar-refractivity contribution is 5.92. The number of carbonyl (C=O) groups is 1. The molecule has 0 atom stereocenters. The fraction of sp³-hybridized carbons (Fsp3) is 0.444. The average Bonchev–Trinajstić information content (AvgIpc) is 3.31. The third-order valence-corrected chi connectivity index (χ3v) is 6.79. The van der Waals surface area contributed by atoms with Crippen molar-refractivity contribution in [2.45, 2.75) is 58.0 Å². The summed E-state index contributed by atoms with van der Waals surface area (Å²) in [5.74, 6) is 1.18. The number of phenolic OH excluding ortho intramolecular Hbond substituents is 1. The third kappa shape index (κ3) is 4.89. The van der Waals surface area contributed by atoms with E-state index in [0.717, 1.165) is 43.7 Å². The molecule has 2 aliphatic rings. The molecule has 1 aromatic heterocycles. The molecule has 2 N–H and O–H groups in total. The molecule has 35 heavy (non-hydrogen) atoms. The summed E-state index contributed by atoms with van der Waals surface area (Å²) in [6.45, 7) is 7.32. The van der Waals surface area contributed by atoms with Crippen molar-refractivity contribution in [3.8, 4) is 28.6 Å². The summed E-state index contributed by atoms with van der Waals surface area (Å²) in [4.78, 5) is 15.5. The Bertz CT molecular complexity index is 1210. The lowest BCUT2D eigenvalue weighted by molar-refractivity contribution is 0.0938. The minimum absolute atomic E-state index is 0.0275. The second-order valence-electron chi connectivity index (χ2n) is 9.85. The minimum Gasteiger partial charge on any atom is -0.507 e. The van der Waals surface area contributed by atoms with E-state index >= 15 is 0 Å². The number of phenols is 1. The Kier molecular flexibility index (Phi) is 6.47. The van der Waals surface area contributed by atoms with E-state index in [0.29, 0.717) is 17.1 Å². The number of aromatic nitrogens is 3. The highest BCUT2D eigenvalue weighted by Crippen LogP contribution is 2.38. The van der Waals surface area contributed by atoms with E-state index in [2.05, 4.69) is 46.4 Å². The van der Waals surface area contributed by atoms with E-state index < -0.39 is 0 Å². The first-order valence-electron chi connectivity index (χ1n) is 12.4. The number of hydrogen-bond donors (Lipinski definition) is 2. The summed E-state index contributed by atoms with van der Waals surface area (Å²) < 4.78 is 7.22. The minimum atomic E-state index is -0.260. The summed E-state index contributed by atoms with van der Waals surface area (Å²) in [5.41, 5.74) is 3.45. The number of aromatic hydroxyl groups is 1. The van der Waals surface area contributed by atoms with Gasteiger partial charge in [0.1, 0.15) is 11.5 Å². The van der Waals surface area contributed by atoms with Crippen molar-refractivity contribution in [1.29, 1.82) is 0 Å². The van der Waals surface area contributed by atoms with E-state index in [4.69, 9.17) is 4.74 Å². The number of methoxy groups -OCH3 is 1. The van der Waals surface area contributed by atoms with Crippen LogP contribution in [0.5, 0.6) is 11.5 Å². The molecular weight excluding hydrogens is 442 g/mol. The number of ether oxygens (including phenoxy) is 1. The molecule has 0 bridgehead atoms. The lowest BCUT2D eigenvalue weighted by Gasteiger charge is -2.17. The maximum Gasteiger partial charge on any atom is 0.289 e. The zero-order chi connectivity index (χ0) is 24.5. The number of hydrogen-bond acceptors (Lipinski definition) is 6. The van der Waals surface area contributed by atoms with Gasteiger partial charge in [0.15, 0.2) is 5.82 Å². The SMILES string of the molecule is COc1cc(O)c(-c2nnc(C(=O)NC3CC3)n2-c2ccc(CN3CCCC3)cc2)cc1C(C)C. The molecule has 8 nitrogen and oxygen atoms in total. The van der Waals surface area contributed by atoms with Crippen molar-refractivity contribution >= 4 is 5.91 Å². The maximum atomic E-state index is 13.1. The first kappa shape index (κ1) is 23.4. The van der Waals surface area contributed by atoms with Crippen molar-refractivity contribution < 1.29 is 14.6 Å². The highest BCUT2D eigenvalue weighted by Gasteiger charge is 2.29. The molecule has 5 rings (SSSR count). The van der Waals surface area contributed by atoms with E-state index in [9.17, 15) is 9.90 Å². The molecule has 2 fully saturated rings. The number of nitrogens with zero attached hydrogens (tertiary/aromatic N) is 4. The predicted molar refractivity (Wildman–Crippen MR) is 134 cm³/mol. The molecular formula is C27H33N5O3. The van der Waals surface area contributed by atoms with Gasteiger partial charge in [0.2, 0.25) is 5.82 Å². The van der Waals surface area contributed by atoms with Gasteiger partial charge in [-0.3, -0.25) is 14.3 Å². The van der Waals surface area contributed by atoms with E-state index in [1.165, 1.54) is 18.4 Å². The zero-order valence-corrected chi connectivity index (χ0v) is 20.6. The topological polar surface area (TPSA) is 92.5 Å². The molecule has 1 saturated heterocycles. The normalized spacial score (nSPS) is 16.1. The fourth-order valence-corrected chi connectivity index (χ4v) is 4.67. The van der Waals surface area contributed by atoms with Crippen LogP contribution < -0.4 is 10.1 Å². The maximum absolute atomic E-state index is 13.1. The predicted octanol–water partition coefficient (Wildman–Crippen LogP) is 4.26. The lowest BCUT2D eigenvalue weighted by Crippen LogP contribution is -2.28. The Morgan fingerprint density at radius 2 is 1.86 bits per heavy atom. The summed E-state index contributed by atoms with van der Waals surface area (Å²) >= 11 is 0. The molecule has 2 heterocycles. The lowest BCUT2D eigenvalue weighted by atomic mass is 9.98. The van der Waals surface area contributed by atoms with Crippen LogP contribution in [-0.2, 0) is 6.54 Å². The molecule has 184 valence electrons. The van der Waals surface area contributed by atoms with Crippen LogP contribution in [0.25, 0.3) is 17.1 Å². The van der Waals surface area contributed by atoms with Gasteiger partial charge in [-0.1, -0.05) is 26.0 Å². The van der Waals surface area contributed by atoms with E-state index in [1.807, 2.05) is 18.2 Å². The highest BCUT2D eigenvalue weighted by atomic mass is 16.5. The molecule has 0 unspecified atom stereocenters. The van der Waals surface area contributed by atoms with Gasteiger partial charge in [-0.2, -0.15) is 0 Å². The summed E-state index contributed by atoms with van der Waals surface area (Å²) in [5, 5.41) is 22.5. The van der Waals surface area contributed by atoms with Crippen molar-refractivity contribution in [3.63, 3.8) is 0 Å². The molecule has 1 aliphatic carbocycles. The molecule has 0 radical (unpaired) electrons. The summed E-state index contributed by atoms with van der Waals surface area (Å²) in [6, 6.07) is 11.9. The second kappa shape index (κ2) is 9.70. The van der Waals surface area contributed by atoms with Gasteiger partial charge in [-0.15, -0.1) is 10.2 Å². The number of likely N-dealkylation sites (tertiary alicyclic amines) is 1. The summed E-state index contributed by atoms with van der Waals surface area (Å²) in [6.07, 6.45) is 4.47. The van der Waals surface area contributed by atoms with Crippen LogP contribution in [-0.4, -0.2) is 56.9 Å². The van der Waals surface area contributed by atoms with Crippen molar-refractivity contribution in [2.75, 3.05) is 20.2 Å². The standard InChI is InChI=1S/C27H33N5O3/c1-17(2)21-14-22(23(33)15-24(21)35-3)25-29-30-26(27(34)28-19-8-9-19)32(25)20-10-6-18(7-11-20)16-31-12-4-5-13-31/h6-7,10-11,14-15,17,19,33H,4-5,8-9,12-13,16H2,1-3H3,(H,28,34). The zero-order valence-electron chi connectivity index (χ0n) is 20.6. The molecule has 1 amide bonds. The van der Waals surface area contributed by atoms with Crippen molar-refractivity contribution in [1.82, 2.24) is 25.0 Å². The first-order chi connectivity index (χ1) is 16.9. The third-order valence-electron chi connectivity index (χ3n) is 6.79. The van der Waals surface area contributed by atoms with Gasteiger partial charge < -0.3 is 15.2 Å². The van der Waals surface area contributed by atoms with Gasteiger partial charge in [0.05, 0.1) is 12.7 Å². The van der Waals surface area contributed by atoms with E-state index in [1.54, 1.807) is 17.7 Å². The Balaban J connectivity index is 1.57. The van der Waals surface area contributed by atoms with Gasteiger partial charge >= 0.3 is 0 Å². The van der Waals surface area contributed by atoms with E-state index in [-0.39, 0.29) is 29.4 Å². The van der Waals surface area contributed by atoms with Gasteiger partial charge in [-0.25, -0.2) is 0 Å². The van der Waals surface area contributed by atoms with Crippen LogP contribution in [0.15, 0.2) is 36.4 Å². The van der Waals surface area contributed by atoms with Crippen LogP contribution in [0.4, 0.5) is 0 Å². The number of amides is 1. The number of nitrogens with one attached hydrogen (secondary N) is 1. The molecule has 3 aromatic rings. The van der Waals surface area contributed by atoms with Crippen molar-refractivity contribution in [3.05, 3.63) is 53.3 Å². The average molecular weight is 476 g/mol. The monoisotopic (exact) mass is 475 g/mol. The fourth-order valence-electron chi connectivity index (χ4n) is 4.67. The molecule has 8 heteroatoms. The van der Waals surface area contributed by atoms with Gasteiger partial charge in [0.25, 0.3) is 5.91 Å². The quantitative estimate of drug-likeness (QED) is 0.506. The Morgan fingerprint density at radius 3 is 2.49 bits per heavy atom. The van der Waals surface area contributed by atoms with Crippen LogP contribution in [0.1, 0.15) is 67.2 Å². The summed E-state index contributed by atoms with van der Waals surface area (Å²) in [7, 11) is 1.59. The molecule has 2 aromatic carbocycles. The van der Waals surface area contributed by atoms with Crippen molar-refractivity contribution in [2.24, 2.45) is 0 Å². The van der Waals surface area contributed by atoms with Crippen LogP contribution in [0.2, 0.25) is 0 Å².